The van der Waals surface area contributed by atoms with Gasteiger partial charge in [-0.1, -0.05) is 42.5 Å². The van der Waals surface area contributed by atoms with Crippen LogP contribution in [0.25, 0.3) is 21.9 Å². The number of piperidine rings is 2. The zero-order valence-corrected chi connectivity index (χ0v) is 26.1. The molecule has 0 unspecified atom stereocenters. The number of likely N-dealkylation sites (tertiary alicyclic amines) is 2. The maximum atomic E-state index is 13.0. The summed E-state index contributed by atoms with van der Waals surface area (Å²) in [4.78, 5) is 57.5. The Labute approximate surface area is 272 Å². The van der Waals surface area contributed by atoms with Crippen molar-refractivity contribution in [1.29, 1.82) is 0 Å². The number of rotatable bonds is 6. The van der Waals surface area contributed by atoms with E-state index in [2.05, 4.69) is 15.6 Å². The Kier molecular flexibility index (Phi) is 9.32. The van der Waals surface area contributed by atoms with E-state index in [0.29, 0.717) is 47.1 Å². The number of pyridine rings is 1. The normalized spacial score (nSPS) is 15.7. The van der Waals surface area contributed by atoms with Gasteiger partial charge in [-0.15, -0.1) is 0 Å². The number of benzene rings is 3. The van der Waals surface area contributed by atoms with E-state index in [9.17, 15) is 24.3 Å². The Morgan fingerprint density at radius 3 is 1.98 bits per heavy atom. The van der Waals surface area contributed by atoms with Crippen LogP contribution in [0.1, 0.15) is 46.5 Å². The molecular formula is C36H37N5O6. The zero-order chi connectivity index (χ0) is 32.9. The van der Waals surface area contributed by atoms with Crippen molar-refractivity contribution >= 4 is 46.1 Å². The van der Waals surface area contributed by atoms with Crippen LogP contribution in [0.4, 0.5) is 21.0 Å². The summed E-state index contributed by atoms with van der Waals surface area (Å²) in [5.74, 6) is -0.387. The lowest BCUT2D eigenvalue weighted by Gasteiger charge is -2.39. The molecule has 0 spiro atoms. The third-order valence-corrected chi connectivity index (χ3v) is 9.31. The molecule has 0 saturated carbocycles. The van der Waals surface area contributed by atoms with Gasteiger partial charge in [0.25, 0.3) is 5.91 Å². The molecule has 0 bridgehead atoms. The average Bonchev–Trinajstić information content (AvgIpc) is 3.11. The molecule has 11 nitrogen and oxygen atoms in total. The topological polar surface area (TPSA) is 141 Å². The number of carboxylic acid groups (broad SMARTS) is 1. The number of carbonyl (C=O) groups is 4. The molecule has 11 heteroatoms. The van der Waals surface area contributed by atoms with Crippen LogP contribution < -0.4 is 10.6 Å². The molecule has 3 heterocycles. The van der Waals surface area contributed by atoms with Crippen molar-refractivity contribution in [3.05, 3.63) is 90.3 Å². The Morgan fingerprint density at radius 1 is 0.766 bits per heavy atom. The number of ether oxygens (including phenoxy) is 1. The number of aromatic nitrogens is 1. The van der Waals surface area contributed by atoms with Crippen LogP contribution in [0.15, 0.2) is 79.0 Å². The number of carbonyl (C=O) groups excluding carboxylic acids is 3. The van der Waals surface area contributed by atoms with Crippen LogP contribution in [-0.2, 0) is 4.74 Å². The van der Waals surface area contributed by atoms with E-state index in [1.807, 2.05) is 29.2 Å². The molecular weight excluding hydrogens is 598 g/mol. The number of urea groups is 1. The summed E-state index contributed by atoms with van der Waals surface area (Å²) < 4.78 is 4.84. The molecule has 0 atom stereocenters. The fourth-order valence-electron chi connectivity index (χ4n) is 6.71. The average molecular weight is 636 g/mol. The fraction of sp³-hybridized carbons (Fsp3) is 0.306. The van der Waals surface area contributed by atoms with Gasteiger partial charge < -0.3 is 30.3 Å². The second kappa shape index (κ2) is 13.9. The van der Waals surface area contributed by atoms with Crippen molar-refractivity contribution in [1.82, 2.24) is 14.8 Å². The van der Waals surface area contributed by atoms with Crippen LogP contribution in [0.5, 0.6) is 0 Å². The lowest BCUT2D eigenvalue weighted by molar-refractivity contribution is 0.0698. The maximum Gasteiger partial charge on any atom is 0.409 e. The molecule has 0 radical (unpaired) electrons. The molecule has 3 aromatic carbocycles. The van der Waals surface area contributed by atoms with E-state index < -0.39 is 11.9 Å². The maximum absolute atomic E-state index is 13.0. The van der Waals surface area contributed by atoms with Gasteiger partial charge in [-0.05, 0) is 78.8 Å². The summed E-state index contributed by atoms with van der Waals surface area (Å²) in [6, 6.07) is 21.0. The summed E-state index contributed by atoms with van der Waals surface area (Å²) >= 11 is 0. The van der Waals surface area contributed by atoms with E-state index in [-0.39, 0.29) is 23.4 Å². The molecule has 47 heavy (non-hydrogen) atoms. The first-order valence-corrected chi connectivity index (χ1v) is 15.8. The first-order valence-electron chi connectivity index (χ1n) is 15.8. The number of hydrogen-bond donors (Lipinski definition) is 3. The first-order chi connectivity index (χ1) is 22.8. The van der Waals surface area contributed by atoms with Gasteiger partial charge in [-0.3, -0.25) is 9.78 Å². The summed E-state index contributed by atoms with van der Waals surface area (Å²) in [7, 11) is 1.42. The van der Waals surface area contributed by atoms with Gasteiger partial charge in [0.1, 0.15) is 5.69 Å². The summed E-state index contributed by atoms with van der Waals surface area (Å²) in [6.07, 6.45) is 5.23. The highest BCUT2D eigenvalue weighted by Gasteiger charge is 2.32. The number of amides is 4. The summed E-state index contributed by atoms with van der Waals surface area (Å²) in [5, 5.41) is 16.6. The van der Waals surface area contributed by atoms with Gasteiger partial charge in [0, 0.05) is 54.7 Å². The van der Waals surface area contributed by atoms with E-state index in [4.69, 9.17) is 4.74 Å². The van der Waals surface area contributed by atoms with Gasteiger partial charge in [0.15, 0.2) is 0 Å². The molecule has 1 aromatic heterocycles. The molecule has 2 aliphatic rings. The van der Waals surface area contributed by atoms with Crippen LogP contribution in [0.2, 0.25) is 0 Å². The van der Waals surface area contributed by atoms with Crippen molar-refractivity contribution in [3.8, 4) is 11.1 Å². The highest BCUT2D eigenvalue weighted by molar-refractivity contribution is 6.14. The third-order valence-electron chi connectivity index (χ3n) is 9.31. The Bertz CT molecular complexity index is 1770. The lowest BCUT2D eigenvalue weighted by Crippen LogP contribution is -2.45. The van der Waals surface area contributed by atoms with Gasteiger partial charge in [-0.2, -0.15) is 0 Å². The van der Waals surface area contributed by atoms with Gasteiger partial charge >= 0.3 is 18.1 Å². The fourth-order valence-corrected chi connectivity index (χ4v) is 6.71. The minimum atomic E-state index is -1.07. The molecule has 4 aromatic rings. The Hall–Kier alpha value is -5.45. The standard InChI is InChI=1S/C36H37N5O6/c1-47-36(46)41-20-16-25(17-21-41)24-14-18-40(19-15-24)35(45)38-28-11-8-23(9-12-28)27-10-13-31(37-22-27)33(42)39-30-7-3-5-26-4-2-6-29(32(26)30)34(43)44/h2-13,22,24-25H,14-21H2,1H3,(H,38,45)(H,39,42)(H,43,44). The molecule has 2 aliphatic heterocycles. The Balaban J connectivity index is 1.01. The lowest BCUT2D eigenvalue weighted by atomic mass is 9.79. The first kappa shape index (κ1) is 31.5. The van der Waals surface area contributed by atoms with Crippen LogP contribution in [0, 0.1) is 11.8 Å². The quantitative estimate of drug-likeness (QED) is 0.218. The number of nitrogens with one attached hydrogen (secondary N) is 2. The number of fused-ring (bicyclic) bond motifs is 1. The molecule has 242 valence electrons. The number of methoxy groups -OCH3 is 1. The molecule has 2 fully saturated rings. The van der Waals surface area contributed by atoms with Crippen molar-refractivity contribution < 1.29 is 29.0 Å². The second-order valence-corrected chi connectivity index (χ2v) is 12.0. The monoisotopic (exact) mass is 635 g/mol. The number of carboxylic acids is 1. The van der Waals surface area contributed by atoms with Crippen LogP contribution in [-0.4, -0.2) is 77.2 Å². The zero-order valence-electron chi connectivity index (χ0n) is 26.1. The van der Waals surface area contributed by atoms with E-state index in [1.54, 1.807) is 53.6 Å². The molecule has 2 saturated heterocycles. The van der Waals surface area contributed by atoms with E-state index >= 15 is 0 Å². The number of nitrogens with zero attached hydrogens (tertiary/aromatic N) is 3. The molecule has 4 amide bonds. The van der Waals surface area contributed by atoms with Crippen molar-refractivity contribution in [3.63, 3.8) is 0 Å². The smallest absolute Gasteiger partial charge is 0.409 e. The molecule has 0 aliphatic carbocycles. The van der Waals surface area contributed by atoms with Crippen LogP contribution >= 0.6 is 0 Å². The predicted octanol–water partition coefficient (Wildman–Crippen LogP) is 6.57. The van der Waals surface area contributed by atoms with E-state index in [1.165, 1.54) is 13.2 Å². The third kappa shape index (κ3) is 7.04. The highest BCUT2D eigenvalue weighted by atomic mass is 16.5. The number of hydrogen-bond acceptors (Lipinski definition) is 6. The van der Waals surface area contributed by atoms with Gasteiger partial charge in [-0.25, -0.2) is 14.4 Å². The minimum absolute atomic E-state index is 0.108. The van der Waals surface area contributed by atoms with Crippen molar-refractivity contribution in [2.24, 2.45) is 11.8 Å². The van der Waals surface area contributed by atoms with Crippen molar-refractivity contribution in [2.75, 3.05) is 43.9 Å². The largest absolute Gasteiger partial charge is 0.478 e. The summed E-state index contributed by atoms with van der Waals surface area (Å²) in [6.45, 7) is 2.87. The predicted molar refractivity (Wildman–Crippen MR) is 179 cm³/mol. The Morgan fingerprint density at radius 2 is 1.38 bits per heavy atom. The molecule has 6 rings (SSSR count). The minimum Gasteiger partial charge on any atom is -0.478 e. The van der Waals surface area contributed by atoms with Gasteiger partial charge in [0.2, 0.25) is 0 Å². The summed E-state index contributed by atoms with van der Waals surface area (Å²) in [5.41, 5.74) is 3.07. The molecule has 3 N–H and O–H groups in total. The SMILES string of the molecule is COC(=O)N1CCC(C2CCN(C(=O)Nc3ccc(-c4ccc(C(=O)Nc5cccc6cccc(C(=O)O)c56)nc4)cc3)CC2)CC1. The number of anilines is 2. The number of aromatic carboxylic acids is 1. The second-order valence-electron chi connectivity index (χ2n) is 12.0. The van der Waals surface area contributed by atoms with Crippen molar-refractivity contribution in [2.45, 2.75) is 25.7 Å². The van der Waals surface area contributed by atoms with E-state index in [0.717, 1.165) is 49.9 Å². The highest BCUT2D eigenvalue weighted by Crippen LogP contribution is 2.33. The van der Waals surface area contributed by atoms with Gasteiger partial charge in [0.05, 0.1) is 12.7 Å². The van der Waals surface area contributed by atoms with Crippen LogP contribution in [0.3, 0.4) is 0 Å².